The first kappa shape index (κ1) is 11.9. The average molecular weight is 236 g/mol. The summed E-state index contributed by atoms with van der Waals surface area (Å²) in [6, 6.07) is 4.98. The van der Waals surface area contributed by atoms with Gasteiger partial charge >= 0.3 is 0 Å². The lowest BCUT2D eigenvalue weighted by molar-refractivity contribution is -0.385. The molecule has 5 heteroatoms. The quantitative estimate of drug-likeness (QED) is 0.644. The van der Waals surface area contributed by atoms with Gasteiger partial charge in [0.2, 0.25) is 0 Å². The van der Waals surface area contributed by atoms with E-state index in [4.69, 9.17) is 4.74 Å². The molecule has 0 aliphatic carbocycles. The average Bonchev–Trinajstić information content (AvgIpc) is 2.39. The van der Waals surface area contributed by atoms with Gasteiger partial charge in [-0.25, -0.2) is 0 Å². The van der Waals surface area contributed by atoms with E-state index >= 15 is 0 Å². The third kappa shape index (κ3) is 2.55. The highest BCUT2D eigenvalue weighted by molar-refractivity contribution is 5.47. The molecule has 1 fully saturated rings. The highest BCUT2D eigenvalue weighted by Crippen LogP contribution is 2.34. The summed E-state index contributed by atoms with van der Waals surface area (Å²) in [4.78, 5) is 10.7. The molecule has 0 saturated carbocycles. The number of methoxy groups -OCH3 is 1. The van der Waals surface area contributed by atoms with E-state index in [1.807, 2.05) is 0 Å². The van der Waals surface area contributed by atoms with Gasteiger partial charge in [-0.3, -0.25) is 10.1 Å². The Morgan fingerprint density at radius 1 is 1.41 bits per heavy atom. The smallest absolute Gasteiger partial charge is 0.273 e. The number of nitrogens with zero attached hydrogens (tertiary/aromatic N) is 1. The Balaban J connectivity index is 2.36. The maximum Gasteiger partial charge on any atom is 0.273 e. The number of piperidine rings is 1. The normalized spacial score (nSPS) is 16.8. The van der Waals surface area contributed by atoms with Crippen molar-refractivity contribution in [3.8, 4) is 5.75 Å². The second-order valence-corrected chi connectivity index (χ2v) is 4.21. The Labute approximate surface area is 99.9 Å². The van der Waals surface area contributed by atoms with Crippen molar-refractivity contribution in [3.05, 3.63) is 33.9 Å². The molecule has 1 aromatic carbocycles. The summed E-state index contributed by atoms with van der Waals surface area (Å²) in [6.45, 7) is 1.83. The van der Waals surface area contributed by atoms with Crippen molar-refractivity contribution < 1.29 is 9.66 Å². The van der Waals surface area contributed by atoms with Crippen molar-refractivity contribution in [3.63, 3.8) is 0 Å². The molecule has 92 valence electrons. The van der Waals surface area contributed by atoms with Crippen LogP contribution in [0.4, 0.5) is 5.69 Å². The summed E-state index contributed by atoms with van der Waals surface area (Å²) in [5.74, 6) is 0.941. The van der Waals surface area contributed by atoms with Gasteiger partial charge in [-0.15, -0.1) is 0 Å². The minimum absolute atomic E-state index is 0.206. The van der Waals surface area contributed by atoms with Crippen molar-refractivity contribution in [2.24, 2.45) is 0 Å². The number of nitrogens with one attached hydrogen (secondary N) is 1. The van der Waals surface area contributed by atoms with Gasteiger partial charge in [-0.2, -0.15) is 0 Å². The van der Waals surface area contributed by atoms with Crippen LogP contribution in [0.1, 0.15) is 24.3 Å². The molecule has 0 aromatic heterocycles. The molecule has 0 atom stereocenters. The Morgan fingerprint density at radius 2 is 2.12 bits per heavy atom. The standard InChI is InChI=1S/C12H16N2O3/c1-17-10-2-3-12(14(15)16)11(8-10)9-4-6-13-7-5-9/h2-3,8-9,13H,4-7H2,1H3. The molecular weight excluding hydrogens is 220 g/mol. The van der Waals surface area contributed by atoms with Gasteiger partial charge in [0.1, 0.15) is 5.75 Å². The van der Waals surface area contributed by atoms with Crippen LogP contribution in [-0.4, -0.2) is 25.1 Å². The molecule has 1 saturated heterocycles. The fraction of sp³-hybridized carbons (Fsp3) is 0.500. The first-order valence-electron chi connectivity index (χ1n) is 5.75. The topological polar surface area (TPSA) is 64.4 Å². The lowest BCUT2D eigenvalue weighted by Crippen LogP contribution is -2.27. The van der Waals surface area contributed by atoms with Gasteiger partial charge in [-0.1, -0.05) is 0 Å². The maximum atomic E-state index is 11.0. The summed E-state index contributed by atoms with van der Waals surface area (Å²) in [6.07, 6.45) is 1.88. The lowest BCUT2D eigenvalue weighted by Gasteiger charge is -2.23. The number of hydrogen-bond donors (Lipinski definition) is 1. The first-order valence-corrected chi connectivity index (χ1v) is 5.75. The second kappa shape index (κ2) is 5.14. The summed E-state index contributed by atoms with van der Waals surface area (Å²) >= 11 is 0. The molecular formula is C12H16N2O3. The number of benzene rings is 1. The number of hydrogen-bond acceptors (Lipinski definition) is 4. The van der Waals surface area contributed by atoms with E-state index < -0.39 is 0 Å². The van der Waals surface area contributed by atoms with Gasteiger partial charge < -0.3 is 10.1 Å². The van der Waals surface area contributed by atoms with Gasteiger partial charge in [0.15, 0.2) is 0 Å². The van der Waals surface area contributed by atoms with E-state index in [2.05, 4.69) is 5.32 Å². The highest BCUT2D eigenvalue weighted by atomic mass is 16.6. The minimum atomic E-state index is -0.309. The number of nitro groups is 1. The van der Waals surface area contributed by atoms with E-state index in [0.29, 0.717) is 5.75 Å². The Kier molecular flexibility index (Phi) is 3.58. The maximum absolute atomic E-state index is 11.0. The molecule has 1 aromatic rings. The molecule has 5 nitrogen and oxygen atoms in total. The van der Waals surface area contributed by atoms with Gasteiger partial charge in [0.25, 0.3) is 5.69 Å². The molecule has 0 unspecified atom stereocenters. The van der Waals surface area contributed by atoms with Crippen LogP contribution in [-0.2, 0) is 0 Å². The van der Waals surface area contributed by atoms with Crippen molar-refractivity contribution in [1.82, 2.24) is 5.32 Å². The van der Waals surface area contributed by atoms with E-state index in [-0.39, 0.29) is 16.5 Å². The van der Waals surface area contributed by atoms with Gasteiger partial charge in [0, 0.05) is 11.6 Å². The molecule has 0 bridgehead atoms. The third-order valence-electron chi connectivity index (χ3n) is 3.21. The fourth-order valence-corrected chi connectivity index (χ4v) is 2.29. The van der Waals surface area contributed by atoms with Gasteiger partial charge in [0.05, 0.1) is 12.0 Å². The molecule has 1 aliphatic rings. The SMILES string of the molecule is COc1ccc([N+](=O)[O-])c(C2CCNCC2)c1. The van der Waals surface area contributed by atoms with Crippen LogP contribution >= 0.6 is 0 Å². The molecule has 1 N–H and O–H groups in total. The highest BCUT2D eigenvalue weighted by Gasteiger charge is 2.24. The molecule has 1 aliphatic heterocycles. The van der Waals surface area contributed by atoms with E-state index in [0.717, 1.165) is 31.5 Å². The fourth-order valence-electron chi connectivity index (χ4n) is 2.29. The predicted molar refractivity (Wildman–Crippen MR) is 64.5 cm³/mol. The summed E-state index contributed by atoms with van der Waals surface area (Å²) in [5, 5.41) is 14.3. The van der Waals surface area contributed by atoms with E-state index in [1.54, 1.807) is 19.2 Å². The zero-order valence-corrected chi connectivity index (χ0v) is 9.81. The number of ether oxygens (including phenoxy) is 1. The van der Waals surface area contributed by atoms with Crippen LogP contribution < -0.4 is 10.1 Å². The monoisotopic (exact) mass is 236 g/mol. The molecule has 0 spiro atoms. The van der Waals surface area contributed by atoms with Crippen molar-refractivity contribution in [1.29, 1.82) is 0 Å². The van der Waals surface area contributed by atoms with Crippen LogP contribution in [0.3, 0.4) is 0 Å². The number of nitro benzene ring substituents is 1. The molecule has 17 heavy (non-hydrogen) atoms. The Morgan fingerprint density at radius 3 is 2.71 bits per heavy atom. The first-order chi connectivity index (χ1) is 8.22. The van der Waals surface area contributed by atoms with Gasteiger partial charge in [-0.05, 0) is 44.0 Å². The molecule has 0 amide bonds. The van der Waals surface area contributed by atoms with E-state index in [1.165, 1.54) is 6.07 Å². The van der Waals surface area contributed by atoms with Crippen LogP contribution in [0, 0.1) is 10.1 Å². The summed E-state index contributed by atoms with van der Waals surface area (Å²) in [5.41, 5.74) is 1.01. The Hall–Kier alpha value is -1.62. The largest absolute Gasteiger partial charge is 0.497 e. The molecule has 1 heterocycles. The van der Waals surface area contributed by atoms with Crippen molar-refractivity contribution >= 4 is 5.69 Å². The van der Waals surface area contributed by atoms with Crippen LogP contribution in [0.25, 0.3) is 0 Å². The third-order valence-corrected chi connectivity index (χ3v) is 3.21. The summed E-state index contributed by atoms with van der Waals surface area (Å²) < 4.78 is 5.14. The zero-order chi connectivity index (χ0) is 12.3. The van der Waals surface area contributed by atoms with Crippen molar-refractivity contribution in [2.45, 2.75) is 18.8 Å². The minimum Gasteiger partial charge on any atom is -0.497 e. The Bertz CT molecular complexity index is 414. The van der Waals surface area contributed by atoms with E-state index in [9.17, 15) is 10.1 Å². The number of rotatable bonds is 3. The lowest BCUT2D eigenvalue weighted by atomic mass is 9.89. The van der Waals surface area contributed by atoms with Crippen LogP contribution in [0.5, 0.6) is 5.75 Å². The molecule has 2 rings (SSSR count). The zero-order valence-electron chi connectivity index (χ0n) is 9.81. The summed E-state index contributed by atoms with van der Waals surface area (Å²) in [7, 11) is 1.58. The predicted octanol–water partition coefficient (Wildman–Crippen LogP) is 2.07. The second-order valence-electron chi connectivity index (χ2n) is 4.21. The van der Waals surface area contributed by atoms with Crippen LogP contribution in [0.2, 0.25) is 0 Å². The molecule has 0 radical (unpaired) electrons. The van der Waals surface area contributed by atoms with Crippen molar-refractivity contribution in [2.75, 3.05) is 20.2 Å². The van der Waals surface area contributed by atoms with Crippen LogP contribution in [0.15, 0.2) is 18.2 Å².